The van der Waals surface area contributed by atoms with Crippen LogP contribution in [0.25, 0.3) is 11.0 Å². The molecule has 0 unspecified atom stereocenters. The van der Waals surface area contributed by atoms with Crippen LogP contribution in [-0.2, 0) is 6.54 Å². The molecule has 0 atom stereocenters. The molecule has 2 rings (SSSR count). The first-order valence-electron chi connectivity index (χ1n) is 5.14. The minimum absolute atomic E-state index is 0.409. The fourth-order valence-corrected chi connectivity index (χ4v) is 1.63. The van der Waals surface area contributed by atoms with Gasteiger partial charge in [-0.15, -0.1) is 0 Å². The minimum Gasteiger partial charge on any atom is -0.382 e. The Morgan fingerprint density at radius 3 is 3.00 bits per heavy atom. The average molecular weight is 204 g/mol. The van der Waals surface area contributed by atoms with E-state index in [0.29, 0.717) is 12.6 Å². The molecule has 0 aromatic carbocycles. The van der Waals surface area contributed by atoms with Gasteiger partial charge in [0.1, 0.15) is 5.65 Å². The monoisotopic (exact) mass is 204 g/mol. The molecule has 4 nitrogen and oxygen atoms in total. The number of H-pyrrole nitrogens is 1. The molecule has 0 fully saturated rings. The standard InChI is InChI=1S/C11H16N4/c1-7(2)14-10-3-4-13-11-9(10)5-8(6-12)15-11/h3-5,7H,6,12H2,1-2H3,(H2,13,14,15). The molecule has 15 heavy (non-hydrogen) atoms. The van der Waals surface area contributed by atoms with Crippen molar-refractivity contribution in [2.24, 2.45) is 5.73 Å². The second kappa shape index (κ2) is 3.90. The summed E-state index contributed by atoms with van der Waals surface area (Å²) in [6.07, 6.45) is 1.80. The van der Waals surface area contributed by atoms with Gasteiger partial charge in [-0.2, -0.15) is 0 Å². The van der Waals surface area contributed by atoms with E-state index in [9.17, 15) is 0 Å². The van der Waals surface area contributed by atoms with Crippen LogP contribution in [0, 0.1) is 0 Å². The predicted molar refractivity (Wildman–Crippen MR) is 62.7 cm³/mol. The Balaban J connectivity index is 2.49. The van der Waals surface area contributed by atoms with E-state index in [1.54, 1.807) is 6.20 Å². The van der Waals surface area contributed by atoms with E-state index >= 15 is 0 Å². The molecule has 0 radical (unpaired) electrons. The van der Waals surface area contributed by atoms with Gasteiger partial charge in [-0.1, -0.05) is 0 Å². The van der Waals surface area contributed by atoms with E-state index in [4.69, 9.17) is 5.73 Å². The molecule has 0 aliphatic rings. The van der Waals surface area contributed by atoms with E-state index in [0.717, 1.165) is 22.4 Å². The fraction of sp³-hybridized carbons (Fsp3) is 0.364. The summed E-state index contributed by atoms with van der Waals surface area (Å²) in [6.45, 7) is 4.74. The lowest BCUT2D eigenvalue weighted by Gasteiger charge is -2.10. The molecular formula is C11H16N4. The normalized spacial score (nSPS) is 11.2. The highest BCUT2D eigenvalue weighted by Gasteiger charge is 2.06. The van der Waals surface area contributed by atoms with Gasteiger partial charge in [0.05, 0.1) is 0 Å². The van der Waals surface area contributed by atoms with Crippen molar-refractivity contribution in [3.05, 3.63) is 24.0 Å². The molecule has 2 heterocycles. The smallest absolute Gasteiger partial charge is 0.139 e. The lowest BCUT2D eigenvalue weighted by molar-refractivity contribution is 0.901. The third kappa shape index (κ3) is 1.94. The predicted octanol–water partition coefficient (Wildman–Crippen LogP) is 1.84. The van der Waals surface area contributed by atoms with Gasteiger partial charge in [0.2, 0.25) is 0 Å². The van der Waals surface area contributed by atoms with E-state index in [1.165, 1.54) is 0 Å². The number of pyridine rings is 1. The Bertz CT molecular complexity index is 459. The molecule has 0 aliphatic carbocycles. The number of rotatable bonds is 3. The highest BCUT2D eigenvalue weighted by atomic mass is 14.9. The minimum atomic E-state index is 0.409. The van der Waals surface area contributed by atoms with Crippen molar-refractivity contribution in [3.8, 4) is 0 Å². The highest BCUT2D eigenvalue weighted by molar-refractivity contribution is 5.90. The summed E-state index contributed by atoms with van der Waals surface area (Å²) in [5.74, 6) is 0. The fourth-order valence-electron chi connectivity index (χ4n) is 1.63. The van der Waals surface area contributed by atoms with Crippen LogP contribution in [0.4, 0.5) is 5.69 Å². The second-order valence-electron chi connectivity index (χ2n) is 3.92. The molecule has 0 saturated carbocycles. The van der Waals surface area contributed by atoms with Gasteiger partial charge in [-0.05, 0) is 26.0 Å². The van der Waals surface area contributed by atoms with Gasteiger partial charge in [-0.3, -0.25) is 0 Å². The van der Waals surface area contributed by atoms with Crippen LogP contribution in [0.15, 0.2) is 18.3 Å². The zero-order valence-corrected chi connectivity index (χ0v) is 9.04. The number of anilines is 1. The number of nitrogens with two attached hydrogens (primary N) is 1. The van der Waals surface area contributed by atoms with Crippen LogP contribution in [0.1, 0.15) is 19.5 Å². The first-order valence-corrected chi connectivity index (χ1v) is 5.14. The number of fused-ring (bicyclic) bond motifs is 1. The topological polar surface area (TPSA) is 66.7 Å². The lowest BCUT2D eigenvalue weighted by atomic mass is 10.2. The van der Waals surface area contributed by atoms with E-state index in [-0.39, 0.29) is 0 Å². The molecule has 0 saturated heterocycles. The summed E-state index contributed by atoms with van der Waals surface area (Å²) in [5.41, 5.74) is 8.59. The molecule has 4 heteroatoms. The Labute approximate surface area is 88.9 Å². The third-order valence-corrected chi connectivity index (χ3v) is 2.25. The van der Waals surface area contributed by atoms with Crippen molar-refractivity contribution in [1.29, 1.82) is 0 Å². The number of hydrogen-bond acceptors (Lipinski definition) is 3. The van der Waals surface area contributed by atoms with Gasteiger partial charge in [0, 0.05) is 35.6 Å². The van der Waals surface area contributed by atoms with Gasteiger partial charge >= 0.3 is 0 Å². The molecule has 80 valence electrons. The number of nitrogens with zero attached hydrogens (tertiary/aromatic N) is 1. The van der Waals surface area contributed by atoms with Gasteiger partial charge in [-0.25, -0.2) is 4.98 Å². The van der Waals surface area contributed by atoms with Gasteiger partial charge in [0.15, 0.2) is 0 Å². The van der Waals surface area contributed by atoms with E-state index in [2.05, 4.69) is 29.1 Å². The quantitative estimate of drug-likeness (QED) is 0.714. The largest absolute Gasteiger partial charge is 0.382 e. The number of hydrogen-bond donors (Lipinski definition) is 3. The van der Waals surface area contributed by atoms with Crippen LogP contribution in [-0.4, -0.2) is 16.0 Å². The Morgan fingerprint density at radius 1 is 1.53 bits per heavy atom. The van der Waals surface area contributed by atoms with Crippen LogP contribution in [0.3, 0.4) is 0 Å². The first kappa shape index (κ1) is 9.98. The SMILES string of the molecule is CC(C)Nc1ccnc2[nH]c(CN)cc12. The molecule has 0 amide bonds. The van der Waals surface area contributed by atoms with Crippen molar-refractivity contribution in [2.45, 2.75) is 26.4 Å². The maximum atomic E-state index is 5.59. The zero-order chi connectivity index (χ0) is 10.8. The summed E-state index contributed by atoms with van der Waals surface area (Å²) in [6, 6.07) is 4.44. The van der Waals surface area contributed by atoms with Crippen LogP contribution in [0.2, 0.25) is 0 Å². The number of aromatic nitrogens is 2. The first-order chi connectivity index (χ1) is 7.20. The summed E-state index contributed by atoms with van der Waals surface area (Å²) in [7, 11) is 0. The third-order valence-electron chi connectivity index (χ3n) is 2.25. The molecule has 0 spiro atoms. The molecular weight excluding hydrogens is 188 g/mol. The van der Waals surface area contributed by atoms with Gasteiger partial charge in [0.25, 0.3) is 0 Å². The van der Waals surface area contributed by atoms with Crippen molar-refractivity contribution < 1.29 is 0 Å². The number of nitrogens with one attached hydrogen (secondary N) is 2. The lowest BCUT2D eigenvalue weighted by Crippen LogP contribution is -2.09. The Morgan fingerprint density at radius 2 is 2.33 bits per heavy atom. The summed E-state index contributed by atoms with van der Waals surface area (Å²) in [5, 5.41) is 4.49. The van der Waals surface area contributed by atoms with Crippen molar-refractivity contribution in [2.75, 3.05) is 5.32 Å². The van der Waals surface area contributed by atoms with Crippen molar-refractivity contribution in [3.63, 3.8) is 0 Å². The van der Waals surface area contributed by atoms with Crippen LogP contribution < -0.4 is 11.1 Å². The van der Waals surface area contributed by atoms with Gasteiger partial charge < -0.3 is 16.0 Å². The molecule has 2 aromatic heterocycles. The Hall–Kier alpha value is -1.55. The van der Waals surface area contributed by atoms with E-state index in [1.807, 2.05) is 12.1 Å². The Kier molecular flexibility index (Phi) is 2.60. The maximum Gasteiger partial charge on any atom is 0.139 e. The van der Waals surface area contributed by atoms with Crippen LogP contribution >= 0.6 is 0 Å². The molecule has 0 bridgehead atoms. The summed E-state index contributed by atoms with van der Waals surface area (Å²) < 4.78 is 0. The molecule has 2 aromatic rings. The molecule has 4 N–H and O–H groups in total. The maximum absolute atomic E-state index is 5.59. The van der Waals surface area contributed by atoms with E-state index < -0.39 is 0 Å². The highest BCUT2D eigenvalue weighted by Crippen LogP contribution is 2.22. The summed E-state index contributed by atoms with van der Waals surface area (Å²) in [4.78, 5) is 7.45. The second-order valence-corrected chi connectivity index (χ2v) is 3.92. The average Bonchev–Trinajstić information content (AvgIpc) is 2.61. The van der Waals surface area contributed by atoms with Crippen LogP contribution in [0.5, 0.6) is 0 Å². The van der Waals surface area contributed by atoms with Crippen molar-refractivity contribution in [1.82, 2.24) is 9.97 Å². The number of aromatic amines is 1. The van der Waals surface area contributed by atoms with Crippen molar-refractivity contribution >= 4 is 16.7 Å². The zero-order valence-electron chi connectivity index (χ0n) is 9.04. The molecule has 0 aliphatic heterocycles. The summed E-state index contributed by atoms with van der Waals surface area (Å²) >= 11 is 0.